The van der Waals surface area contributed by atoms with Crippen LogP contribution in [0.3, 0.4) is 0 Å². The third kappa shape index (κ3) is 2.45. The van der Waals surface area contributed by atoms with Gasteiger partial charge >= 0.3 is 0 Å². The first kappa shape index (κ1) is 13.6. The van der Waals surface area contributed by atoms with Crippen LogP contribution in [0, 0.1) is 5.41 Å². The minimum Gasteiger partial charge on any atom is -0.396 e. The molecular formula is C14H21N3O3. The fourth-order valence-corrected chi connectivity index (χ4v) is 3.05. The minimum absolute atomic E-state index is 0.0787. The van der Waals surface area contributed by atoms with E-state index >= 15 is 0 Å². The van der Waals surface area contributed by atoms with Crippen LogP contribution >= 0.6 is 0 Å². The third-order valence-corrected chi connectivity index (χ3v) is 4.53. The second kappa shape index (κ2) is 5.54. The average molecular weight is 279 g/mol. The molecule has 1 aliphatic carbocycles. The highest BCUT2D eigenvalue weighted by atomic mass is 16.5. The molecule has 3 rings (SSSR count). The number of carbonyl (C=O) groups excluding carboxylic acids is 1. The molecule has 1 saturated heterocycles. The number of nitrogens with zero attached hydrogens (tertiary/aromatic N) is 1. The molecule has 0 saturated carbocycles. The van der Waals surface area contributed by atoms with Gasteiger partial charge in [0.1, 0.15) is 0 Å². The number of aryl methyl sites for hydroxylation is 1. The van der Waals surface area contributed by atoms with E-state index in [9.17, 15) is 9.90 Å². The molecule has 110 valence electrons. The van der Waals surface area contributed by atoms with Crippen LogP contribution < -0.4 is 5.32 Å². The van der Waals surface area contributed by atoms with Gasteiger partial charge in [-0.2, -0.15) is 5.10 Å². The van der Waals surface area contributed by atoms with Gasteiger partial charge in [-0.3, -0.25) is 9.89 Å². The van der Waals surface area contributed by atoms with E-state index in [-0.39, 0.29) is 17.9 Å². The van der Waals surface area contributed by atoms with Crippen LogP contribution in [-0.2, 0) is 17.6 Å². The van der Waals surface area contributed by atoms with E-state index in [4.69, 9.17) is 4.74 Å². The first-order chi connectivity index (χ1) is 9.74. The zero-order valence-electron chi connectivity index (χ0n) is 11.6. The van der Waals surface area contributed by atoms with Crippen LogP contribution in [0.25, 0.3) is 0 Å². The number of amides is 1. The Hall–Kier alpha value is -1.40. The summed E-state index contributed by atoms with van der Waals surface area (Å²) in [6, 6.07) is 0. The molecule has 20 heavy (non-hydrogen) atoms. The molecule has 1 aliphatic heterocycles. The summed E-state index contributed by atoms with van der Waals surface area (Å²) in [7, 11) is 0. The first-order valence-electron chi connectivity index (χ1n) is 7.27. The molecule has 1 fully saturated rings. The van der Waals surface area contributed by atoms with Crippen molar-refractivity contribution < 1.29 is 14.6 Å². The fraction of sp³-hybridized carbons (Fsp3) is 0.714. The van der Waals surface area contributed by atoms with Crippen LogP contribution in [-0.4, -0.2) is 47.6 Å². The summed E-state index contributed by atoms with van der Waals surface area (Å²) in [5.41, 5.74) is 2.44. The Balaban J connectivity index is 1.64. The van der Waals surface area contributed by atoms with Crippen molar-refractivity contribution in [1.29, 1.82) is 0 Å². The highest BCUT2D eigenvalue weighted by Gasteiger charge is 2.33. The smallest absolute Gasteiger partial charge is 0.272 e. The molecule has 0 unspecified atom stereocenters. The van der Waals surface area contributed by atoms with Gasteiger partial charge in [-0.1, -0.05) is 0 Å². The summed E-state index contributed by atoms with van der Waals surface area (Å²) < 4.78 is 5.32. The number of ether oxygens (including phenoxy) is 1. The van der Waals surface area contributed by atoms with E-state index in [0.29, 0.717) is 25.5 Å². The molecule has 0 atom stereocenters. The van der Waals surface area contributed by atoms with Crippen LogP contribution in [0.15, 0.2) is 0 Å². The van der Waals surface area contributed by atoms with Crippen molar-refractivity contribution in [3.05, 3.63) is 17.0 Å². The molecule has 2 aliphatic rings. The number of rotatable bonds is 4. The van der Waals surface area contributed by atoms with Gasteiger partial charge in [-0.15, -0.1) is 0 Å². The number of hydrogen-bond acceptors (Lipinski definition) is 4. The Morgan fingerprint density at radius 3 is 2.95 bits per heavy atom. The van der Waals surface area contributed by atoms with E-state index in [1.807, 2.05) is 0 Å². The number of hydrogen-bond donors (Lipinski definition) is 3. The molecule has 0 radical (unpaired) electrons. The van der Waals surface area contributed by atoms with Crippen LogP contribution in [0.1, 0.15) is 41.0 Å². The van der Waals surface area contributed by atoms with Gasteiger partial charge in [0.05, 0.1) is 6.61 Å². The zero-order chi connectivity index (χ0) is 14.0. The molecule has 0 bridgehead atoms. The molecule has 6 nitrogen and oxygen atoms in total. The normalized spacial score (nSPS) is 20.6. The maximum atomic E-state index is 12.3. The highest BCUT2D eigenvalue weighted by Crippen LogP contribution is 2.29. The monoisotopic (exact) mass is 279 g/mol. The van der Waals surface area contributed by atoms with Crippen molar-refractivity contribution in [2.75, 3.05) is 26.4 Å². The van der Waals surface area contributed by atoms with Gasteiger partial charge < -0.3 is 15.2 Å². The predicted octanol–water partition coefficient (Wildman–Crippen LogP) is 0.417. The molecule has 1 aromatic heterocycles. The summed E-state index contributed by atoms with van der Waals surface area (Å²) in [4.78, 5) is 12.3. The van der Waals surface area contributed by atoms with Crippen LogP contribution in [0.2, 0.25) is 0 Å². The Bertz CT molecular complexity index is 492. The van der Waals surface area contributed by atoms with Crippen LogP contribution in [0.5, 0.6) is 0 Å². The largest absolute Gasteiger partial charge is 0.396 e. The lowest BCUT2D eigenvalue weighted by atomic mass is 9.81. The Labute approximate surface area is 117 Å². The van der Waals surface area contributed by atoms with Crippen molar-refractivity contribution in [2.45, 2.75) is 32.1 Å². The van der Waals surface area contributed by atoms with Crippen molar-refractivity contribution in [1.82, 2.24) is 15.5 Å². The van der Waals surface area contributed by atoms with Gasteiger partial charge in [0.25, 0.3) is 5.91 Å². The second-order valence-corrected chi connectivity index (χ2v) is 5.84. The lowest BCUT2D eigenvalue weighted by Gasteiger charge is -2.35. The van der Waals surface area contributed by atoms with Gasteiger partial charge in [-0.25, -0.2) is 0 Å². The Kier molecular flexibility index (Phi) is 3.76. The van der Waals surface area contributed by atoms with Gasteiger partial charge in [-0.05, 0) is 32.1 Å². The molecule has 1 amide bonds. The fourth-order valence-electron chi connectivity index (χ4n) is 3.05. The molecule has 2 heterocycles. The third-order valence-electron chi connectivity index (χ3n) is 4.53. The van der Waals surface area contributed by atoms with Crippen molar-refractivity contribution in [3.63, 3.8) is 0 Å². The minimum atomic E-state index is -0.243. The topological polar surface area (TPSA) is 87.2 Å². The molecule has 1 aromatic rings. The number of fused-ring (bicyclic) bond motifs is 1. The van der Waals surface area contributed by atoms with Gasteiger partial charge in [0.2, 0.25) is 0 Å². The molecule has 6 heteroatoms. The van der Waals surface area contributed by atoms with E-state index in [1.165, 1.54) is 0 Å². The van der Waals surface area contributed by atoms with E-state index < -0.39 is 0 Å². The SMILES string of the molecule is O=C(NCC1(CO)CCOCC1)c1n[nH]c2c1CCC2. The lowest BCUT2D eigenvalue weighted by molar-refractivity contribution is -0.0146. The molecule has 3 N–H and O–H groups in total. The Morgan fingerprint density at radius 1 is 1.40 bits per heavy atom. The summed E-state index contributed by atoms with van der Waals surface area (Å²) in [6.07, 6.45) is 4.55. The standard InChI is InChI=1S/C14H21N3O3/c18-9-14(4-6-20-7-5-14)8-15-13(19)12-10-2-1-3-11(10)16-17-12/h18H,1-9H2,(H,15,19)(H,16,17). The number of H-pyrrole nitrogens is 1. The predicted molar refractivity (Wildman–Crippen MR) is 72.5 cm³/mol. The summed E-state index contributed by atoms with van der Waals surface area (Å²) in [5, 5.41) is 19.6. The lowest BCUT2D eigenvalue weighted by Crippen LogP contribution is -2.44. The number of aromatic nitrogens is 2. The van der Waals surface area contributed by atoms with Crippen LogP contribution in [0.4, 0.5) is 0 Å². The second-order valence-electron chi connectivity index (χ2n) is 5.84. The highest BCUT2D eigenvalue weighted by molar-refractivity contribution is 5.94. The number of carbonyl (C=O) groups is 1. The average Bonchev–Trinajstić information content (AvgIpc) is 3.08. The summed E-state index contributed by atoms with van der Waals surface area (Å²) in [5.74, 6) is -0.135. The number of aliphatic hydroxyl groups excluding tert-OH is 1. The van der Waals surface area contributed by atoms with Gasteiger partial charge in [0.15, 0.2) is 5.69 Å². The van der Waals surface area contributed by atoms with E-state index in [0.717, 1.165) is 43.4 Å². The van der Waals surface area contributed by atoms with Crippen molar-refractivity contribution in [3.8, 4) is 0 Å². The van der Waals surface area contributed by atoms with E-state index in [2.05, 4.69) is 15.5 Å². The maximum Gasteiger partial charge on any atom is 0.272 e. The molecule has 0 spiro atoms. The number of nitrogens with one attached hydrogen (secondary N) is 2. The maximum absolute atomic E-state index is 12.3. The molecular weight excluding hydrogens is 258 g/mol. The number of aliphatic hydroxyl groups is 1. The summed E-state index contributed by atoms with van der Waals surface area (Å²) in [6.45, 7) is 1.85. The van der Waals surface area contributed by atoms with Crippen molar-refractivity contribution in [2.24, 2.45) is 5.41 Å². The zero-order valence-corrected chi connectivity index (χ0v) is 11.6. The van der Waals surface area contributed by atoms with Gasteiger partial charge in [0, 0.05) is 36.4 Å². The molecule has 0 aromatic carbocycles. The van der Waals surface area contributed by atoms with Crippen molar-refractivity contribution >= 4 is 5.91 Å². The number of aromatic amines is 1. The Morgan fingerprint density at radius 2 is 2.20 bits per heavy atom. The quantitative estimate of drug-likeness (QED) is 0.745. The van der Waals surface area contributed by atoms with E-state index in [1.54, 1.807) is 0 Å². The first-order valence-corrected chi connectivity index (χ1v) is 7.27. The summed E-state index contributed by atoms with van der Waals surface area (Å²) >= 11 is 0.